The first-order chi connectivity index (χ1) is 8.25. The van der Waals surface area contributed by atoms with Gasteiger partial charge in [-0.3, -0.25) is 0 Å². The SMILES string of the molecule is Cn1cc(I)c2cc(C3CCCCC3)cnc21. The van der Waals surface area contributed by atoms with Gasteiger partial charge < -0.3 is 4.57 Å². The van der Waals surface area contributed by atoms with E-state index in [0.717, 1.165) is 11.6 Å². The van der Waals surface area contributed by atoms with E-state index in [0.29, 0.717) is 0 Å². The van der Waals surface area contributed by atoms with Crippen molar-refractivity contribution < 1.29 is 0 Å². The van der Waals surface area contributed by atoms with Crippen LogP contribution in [0.15, 0.2) is 18.5 Å². The van der Waals surface area contributed by atoms with Crippen molar-refractivity contribution in [1.82, 2.24) is 9.55 Å². The Kier molecular flexibility index (Phi) is 3.11. The van der Waals surface area contributed by atoms with Gasteiger partial charge in [-0.25, -0.2) is 4.98 Å². The molecule has 0 unspecified atom stereocenters. The Hall–Kier alpha value is -0.580. The number of aryl methyl sites for hydroxylation is 1. The van der Waals surface area contributed by atoms with Gasteiger partial charge in [0.05, 0.1) is 0 Å². The van der Waals surface area contributed by atoms with Crippen LogP contribution in [0.3, 0.4) is 0 Å². The molecule has 0 bridgehead atoms. The summed E-state index contributed by atoms with van der Waals surface area (Å²) in [6.07, 6.45) is 11.1. The summed E-state index contributed by atoms with van der Waals surface area (Å²) >= 11 is 2.41. The van der Waals surface area contributed by atoms with Gasteiger partial charge in [-0.1, -0.05) is 19.3 Å². The largest absolute Gasteiger partial charge is 0.334 e. The molecule has 0 amide bonds. The first-order valence-corrected chi connectivity index (χ1v) is 7.44. The number of pyridine rings is 1. The second kappa shape index (κ2) is 4.59. The maximum Gasteiger partial charge on any atom is 0.140 e. The summed E-state index contributed by atoms with van der Waals surface area (Å²) in [4.78, 5) is 4.63. The Morgan fingerprint density at radius 3 is 2.82 bits per heavy atom. The van der Waals surface area contributed by atoms with Gasteiger partial charge in [-0.05, 0) is 53.0 Å². The van der Waals surface area contributed by atoms with Crippen LogP contribution in [0.4, 0.5) is 0 Å². The lowest BCUT2D eigenvalue weighted by atomic mass is 9.84. The predicted octanol–water partition coefficient (Wildman–Crippen LogP) is 4.23. The monoisotopic (exact) mass is 340 g/mol. The molecular formula is C14H17IN2. The number of hydrogen-bond donors (Lipinski definition) is 0. The van der Waals surface area contributed by atoms with Gasteiger partial charge in [0.1, 0.15) is 5.65 Å². The van der Waals surface area contributed by atoms with E-state index in [-0.39, 0.29) is 0 Å². The van der Waals surface area contributed by atoms with Gasteiger partial charge in [0.2, 0.25) is 0 Å². The maximum absolute atomic E-state index is 4.63. The smallest absolute Gasteiger partial charge is 0.140 e. The second-order valence-corrected chi connectivity index (χ2v) is 6.22. The zero-order chi connectivity index (χ0) is 11.8. The summed E-state index contributed by atoms with van der Waals surface area (Å²) < 4.78 is 3.42. The van der Waals surface area contributed by atoms with Crippen LogP contribution in [0.1, 0.15) is 43.6 Å². The van der Waals surface area contributed by atoms with Crippen LogP contribution in [0, 0.1) is 3.57 Å². The van der Waals surface area contributed by atoms with Crippen LogP contribution in [0.2, 0.25) is 0 Å². The van der Waals surface area contributed by atoms with Crippen LogP contribution < -0.4 is 0 Å². The second-order valence-electron chi connectivity index (χ2n) is 5.06. The van der Waals surface area contributed by atoms with Crippen LogP contribution in [0.5, 0.6) is 0 Å². The molecule has 1 aliphatic carbocycles. The number of nitrogens with zero attached hydrogens (tertiary/aromatic N) is 2. The lowest BCUT2D eigenvalue weighted by molar-refractivity contribution is 0.443. The number of rotatable bonds is 1. The van der Waals surface area contributed by atoms with Crippen LogP contribution in [-0.2, 0) is 7.05 Å². The highest BCUT2D eigenvalue weighted by molar-refractivity contribution is 14.1. The summed E-state index contributed by atoms with van der Waals surface area (Å²) in [5, 5.41) is 1.32. The van der Waals surface area contributed by atoms with E-state index in [2.05, 4.69) is 57.6 Å². The van der Waals surface area contributed by atoms with E-state index in [1.807, 2.05) is 0 Å². The average Bonchev–Trinajstić information content (AvgIpc) is 2.66. The molecular weight excluding hydrogens is 323 g/mol. The fourth-order valence-electron chi connectivity index (χ4n) is 2.89. The van der Waals surface area contributed by atoms with E-state index in [1.165, 1.54) is 46.6 Å². The molecule has 17 heavy (non-hydrogen) atoms. The first-order valence-electron chi connectivity index (χ1n) is 6.36. The van der Waals surface area contributed by atoms with Crippen LogP contribution in [-0.4, -0.2) is 9.55 Å². The summed E-state index contributed by atoms with van der Waals surface area (Å²) in [6.45, 7) is 0. The predicted molar refractivity (Wildman–Crippen MR) is 79.3 cm³/mol. The van der Waals surface area contributed by atoms with E-state index in [1.54, 1.807) is 0 Å². The quantitative estimate of drug-likeness (QED) is 0.711. The lowest BCUT2D eigenvalue weighted by Gasteiger charge is -2.21. The van der Waals surface area contributed by atoms with E-state index in [4.69, 9.17) is 0 Å². The van der Waals surface area contributed by atoms with Crippen molar-refractivity contribution >= 4 is 33.6 Å². The van der Waals surface area contributed by atoms with Crippen molar-refractivity contribution in [3.05, 3.63) is 27.6 Å². The van der Waals surface area contributed by atoms with Gasteiger partial charge in [-0.15, -0.1) is 0 Å². The van der Waals surface area contributed by atoms with Crippen molar-refractivity contribution in [3.63, 3.8) is 0 Å². The van der Waals surface area contributed by atoms with Crippen molar-refractivity contribution in [2.75, 3.05) is 0 Å². The maximum atomic E-state index is 4.63. The molecule has 0 atom stereocenters. The van der Waals surface area contributed by atoms with E-state index < -0.39 is 0 Å². The summed E-state index contributed by atoms with van der Waals surface area (Å²) in [5.74, 6) is 0.747. The Labute approximate surface area is 116 Å². The normalized spacial score (nSPS) is 17.8. The lowest BCUT2D eigenvalue weighted by Crippen LogP contribution is -2.05. The molecule has 0 aliphatic heterocycles. The highest BCUT2D eigenvalue weighted by Crippen LogP contribution is 2.34. The molecule has 0 radical (unpaired) electrons. The Balaban J connectivity index is 2.03. The molecule has 2 aromatic heterocycles. The van der Waals surface area contributed by atoms with Gasteiger partial charge in [0.15, 0.2) is 0 Å². The molecule has 2 aromatic rings. The zero-order valence-corrected chi connectivity index (χ0v) is 12.3. The van der Waals surface area contributed by atoms with Gasteiger partial charge in [0, 0.05) is 28.4 Å². The zero-order valence-electron chi connectivity index (χ0n) is 10.1. The number of fused-ring (bicyclic) bond motifs is 1. The third kappa shape index (κ3) is 2.09. The van der Waals surface area contributed by atoms with Gasteiger partial charge in [-0.2, -0.15) is 0 Å². The fourth-order valence-corrected chi connectivity index (χ4v) is 3.71. The van der Waals surface area contributed by atoms with Crippen molar-refractivity contribution in [1.29, 1.82) is 0 Å². The van der Waals surface area contributed by atoms with Gasteiger partial charge in [0.25, 0.3) is 0 Å². The molecule has 90 valence electrons. The van der Waals surface area contributed by atoms with Crippen LogP contribution >= 0.6 is 22.6 Å². The third-order valence-electron chi connectivity index (χ3n) is 3.86. The number of halogens is 1. The summed E-state index contributed by atoms with van der Waals surface area (Å²) in [5.41, 5.74) is 2.55. The number of aromatic nitrogens is 2. The number of hydrogen-bond acceptors (Lipinski definition) is 1. The topological polar surface area (TPSA) is 17.8 Å². The Morgan fingerprint density at radius 1 is 1.29 bits per heavy atom. The molecule has 3 heteroatoms. The van der Waals surface area contributed by atoms with Crippen molar-refractivity contribution in [3.8, 4) is 0 Å². The molecule has 2 nitrogen and oxygen atoms in total. The van der Waals surface area contributed by atoms with E-state index in [9.17, 15) is 0 Å². The fraction of sp³-hybridized carbons (Fsp3) is 0.500. The Morgan fingerprint density at radius 2 is 2.06 bits per heavy atom. The minimum atomic E-state index is 0.747. The minimum Gasteiger partial charge on any atom is -0.334 e. The molecule has 0 N–H and O–H groups in total. The highest BCUT2D eigenvalue weighted by atomic mass is 127. The molecule has 1 saturated carbocycles. The molecule has 1 aliphatic rings. The minimum absolute atomic E-state index is 0.747. The third-order valence-corrected chi connectivity index (χ3v) is 4.72. The highest BCUT2D eigenvalue weighted by Gasteiger charge is 2.17. The summed E-state index contributed by atoms with van der Waals surface area (Å²) in [7, 11) is 2.07. The standard InChI is InChI=1S/C14H17IN2/c1-17-9-13(15)12-7-11(8-16-14(12)17)10-5-3-2-4-6-10/h7-10H,2-6H2,1H3. The average molecular weight is 340 g/mol. The molecule has 3 rings (SSSR count). The molecule has 0 spiro atoms. The molecule has 1 fully saturated rings. The van der Waals surface area contributed by atoms with Crippen molar-refractivity contribution in [2.24, 2.45) is 7.05 Å². The van der Waals surface area contributed by atoms with E-state index >= 15 is 0 Å². The van der Waals surface area contributed by atoms with Crippen molar-refractivity contribution in [2.45, 2.75) is 38.0 Å². The molecule has 0 saturated heterocycles. The van der Waals surface area contributed by atoms with Gasteiger partial charge >= 0.3 is 0 Å². The summed E-state index contributed by atoms with van der Waals surface area (Å²) in [6, 6.07) is 2.36. The van der Waals surface area contributed by atoms with Crippen LogP contribution in [0.25, 0.3) is 11.0 Å². The molecule has 2 heterocycles. The molecule has 0 aromatic carbocycles. The first kappa shape index (κ1) is 11.5. The Bertz CT molecular complexity index is 538.